The Kier molecular flexibility index (Phi) is 4.18. The molecule has 2 aromatic carbocycles. The van der Waals surface area contributed by atoms with Gasteiger partial charge in [-0.05, 0) is 29.3 Å². The SMILES string of the molecule is OCc1cccc(CNCC2Cc3cc(F)ccc3O2)c1. The van der Waals surface area contributed by atoms with E-state index >= 15 is 0 Å². The van der Waals surface area contributed by atoms with Crippen LogP contribution in [0.4, 0.5) is 4.39 Å². The quantitative estimate of drug-likeness (QED) is 0.887. The first-order valence-corrected chi connectivity index (χ1v) is 7.09. The van der Waals surface area contributed by atoms with Gasteiger partial charge in [-0.15, -0.1) is 0 Å². The van der Waals surface area contributed by atoms with E-state index < -0.39 is 0 Å². The van der Waals surface area contributed by atoms with Gasteiger partial charge in [-0.3, -0.25) is 0 Å². The molecule has 0 aliphatic carbocycles. The van der Waals surface area contributed by atoms with Crippen molar-refractivity contribution in [1.29, 1.82) is 0 Å². The number of aliphatic hydroxyl groups excluding tert-OH is 1. The molecule has 0 fully saturated rings. The summed E-state index contributed by atoms with van der Waals surface area (Å²) in [4.78, 5) is 0. The average Bonchev–Trinajstić information content (AvgIpc) is 2.89. The molecule has 21 heavy (non-hydrogen) atoms. The maximum Gasteiger partial charge on any atom is 0.123 e. The molecule has 1 aliphatic rings. The number of halogens is 1. The molecule has 110 valence electrons. The lowest BCUT2D eigenvalue weighted by molar-refractivity contribution is 0.227. The molecule has 2 aromatic rings. The topological polar surface area (TPSA) is 41.5 Å². The van der Waals surface area contributed by atoms with E-state index in [2.05, 4.69) is 5.32 Å². The molecule has 0 aromatic heterocycles. The number of hydrogen-bond acceptors (Lipinski definition) is 3. The lowest BCUT2D eigenvalue weighted by atomic mass is 10.1. The zero-order valence-corrected chi connectivity index (χ0v) is 11.7. The summed E-state index contributed by atoms with van der Waals surface area (Å²) in [6.45, 7) is 1.48. The monoisotopic (exact) mass is 287 g/mol. The molecular formula is C17H18FNO2. The largest absolute Gasteiger partial charge is 0.488 e. The van der Waals surface area contributed by atoms with Crippen LogP contribution in [0.15, 0.2) is 42.5 Å². The van der Waals surface area contributed by atoms with E-state index in [9.17, 15) is 4.39 Å². The highest BCUT2D eigenvalue weighted by molar-refractivity contribution is 5.38. The van der Waals surface area contributed by atoms with Crippen molar-refractivity contribution in [3.8, 4) is 5.75 Å². The first-order chi connectivity index (χ1) is 10.2. The normalized spacial score (nSPS) is 16.6. The summed E-state index contributed by atoms with van der Waals surface area (Å²) in [6, 6.07) is 12.5. The summed E-state index contributed by atoms with van der Waals surface area (Å²) in [6.07, 6.45) is 0.777. The molecule has 3 nitrogen and oxygen atoms in total. The van der Waals surface area contributed by atoms with Gasteiger partial charge in [-0.2, -0.15) is 0 Å². The fourth-order valence-corrected chi connectivity index (χ4v) is 2.62. The summed E-state index contributed by atoms with van der Waals surface area (Å²) >= 11 is 0. The second-order valence-corrected chi connectivity index (χ2v) is 5.30. The van der Waals surface area contributed by atoms with Gasteiger partial charge in [0.05, 0.1) is 6.61 Å². The molecule has 2 N–H and O–H groups in total. The predicted molar refractivity (Wildman–Crippen MR) is 78.6 cm³/mol. The number of aliphatic hydroxyl groups is 1. The molecule has 1 unspecified atom stereocenters. The molecule has 0 amide bonds. The van der Waals surface area contributed by atoms with Crippen molar-refractivity contribution in [2.75, 3.05) is 6.54 Å². The van der Waals surface area contributed by atoms with Crippen LogP contribution in [-0.4, -0.2) is 17.8 Å². The third-order valence-corrected chi connectivity index (χ3v) is 3.64. The van der Waals surface area contributed by atoms with E-state index in [-0.39, 0.29) is 18.5 Å². The highest BCUT2D eigenvalue weighted by Crippen LogP contribution is 2.28. The van der Waals surface area contributed by atoms with Crippen LogP contribution in [0.1, 0.15) is 16.7 Å². The van der Waals surface area contributed by atoms with Crippen LogP contribution >= 0.6 is 0 Å². The van der Waals surface area contributed by atoms with E-state index in [1.165, 1.54) is 6.07 Å². The lowest BCUT2D eigenvalue weighted by Gasteiger charge is -2.12. The van der Waals surface area contributed by atoms with Gasteiger partial charge in [-0.1, -0.05) is 24.3 Å². The highest BCUT2D eigenvalue weighted by Gasteiger charge is 2.22. The summed E-state index contributed by atoms with van der Waals surface area (Å²) < 4.78 is 18.9. The molecule has 0 saturated carbocycles. The van der Waals surface area contributed by atoms with Crippen molar-refractivity contribution < 1.29 is 14.2 Å². The van der Waals surface area contributed by atoms with Gasteiger partial charge in [-0.25, -0.2) is 4.39 Å². The Balaban J connectivity index is 1.51. The number of hydrogen-bond donors (Lipinski definition) is 2. The molecule has 0 bridgehead atoms. The Morgan fingerprint density at radius 3 is 2.90 bits per heavy atom. The van der Waals surface area contributed by atoms with Gasteiger partial charge in [0.1, 0.15) is 17.7 Å². The summed E-state index contributed by atoms with van der Waals surface area (Å²) in [5.41, 5.74) is 2.97. The van der Waals surface area contributed by atoms with Crippen molar-refractivity contribution in [2.45, 2.75) is 25.7 Å². The Hall–Kier alpha value is -1.91. The number of rotatable bonds is 5. The summed E-state index contributed by atoms with van der Waals surface area (Å²) in [5.74, 6) is 0.567. The van der Waals surface area contributed by atoms with E-state index in [0.717, 1.165) is 35.4 Å². The maximum absolute atomic E-state index is 13.1. The van der Waals surface area contributed by atoms with Crippen LogP contribution in [0.5, 0.6) is 5.75 Å². The van der Waals surface area contributed by atoms with E-state index in [1.54, 1.807) is 12.1 Å². The van der Waals surface area contributed by atoms with E-state index in [1.807, 2.05) is 24.3 Å². The van der Waals surface area contributed by atoms with Crippen LogP contribution in [0.25, 0.3) is 0 Å². The average molecular weight is 287 g/mol. The zero-order valence-electron chi connectivity index (χ0n) is 11.7. The van der Waals surface area contributed by atoms with Crippen LogP contribution < -0.4 is 10.1 Å². The fourth-order valence-electron chi connectivity index (χ4n) is 2.62. The molecule has 1 heterocycles. The van der Waals surface area contributed by atoms with Gasteiger partial charge in [0.2, 0.25) is 0 Å². The lowest BCUT2D eigenvalue weighted by Crippen LogP contribution is -2.29. The van der Waals surface area contributed by atoms with Crippen LogP contribution in [0.2, 0.25) is 0 Å². The molecule has 1 aliphatic heterocycles. The smallest absolute Gasteiger partial charge is 0.123 e. The third kappa shape index (κ3) is 3.40. The maximum atomic E-state index is 13.1. The molecule has 0 radical (unpaired) electrons. The van der Waals surface area contributed by atoms with Gasteiger partial charge in [0, 0.05) is 25.1 Å². The second-order valence-electron chi connectivity index (χ2n) is 5.30. The predicted octanol–water partition coefficient (Wildman–Crippen LogP) is 2.41. The number of fused-ring (bicyclic) bond motifs is 1. The summed E-state index contributed by atoms with van der Waals surface area (Å²) in [5, 5.41) is 12.5. The van der Waals surface area contributed by atoms with Crippen molar-refractivity contribution in [1.82, 2.24) is 5.32 Å². The molecule has 0 spiro atoms. The minimum atomic E-state index is -0.216. The minimum Gasteiger partial charge on any atom is -0.488 e. The Morgan fingerprint density at radius 1 is 1.19 bits per heavy atom. The van der Waals surface area contributed by atoms with Gasteiger partial charge >= 0.3 is 0 Å². The Bertz CT molecular complexity index is 630. The van der Waals surface area contributed by atoms with Gasteiger partial charge < -0.3 is 15.2 Å². The molecule has 1 atom stereocenters. The van der Waals surface area contributed by atoms with Crippen LogP contribution in [0, 0.1) is 5.82 Å². The second kappa shape index (κ2) is 6.24. The number of benzene rings is 2. The minimum absolute atomic E-state index is 0.0443. The van der Waals surface area contributed by atoms with Crippen molar-refractivity contribution in [2.24, 2.45) is 0 Å². The summed E-state index contributed by atoms with van der Waals surface area (Å²) in [7, 11) is 0. The highest BCUT2D eigenvalue weighted by atomic mass is 19.1. The van der Waals surface area contributed by atoms with Gasteiger partial charge in [0.25, 0.3) is 0 Å². The standard InChI is InChI=1S/C17H18FNO2/c18-15-4-5-17-14(7-15)8-16(21-17)10-19-9-12-2-1-3-13(6-12)11-20/h1-7,16,19-20H,8-11H2. The van der Waals surface area contributed by atoms with E-state index in [0.29, 0.717) is 6.54 Å². The van der Waals surface area contributed by atoms with Crippen molar-refractivity contribution >= 4 is 0 Å². The Morgan fingerprint density at radius 2 is 2.05 bits per heavy atom. The first-order valence-electron chi connectivity index (χ1n) is 7.09. The Labute approximate surface area is 123 Å². The first kappa shape index (κ1) is 14.0. The zero-order chi connectivity index (χ0) is 14.7. The molecular weight excluding hydrogens is 269 g/mol. The van der Waals surface area contributed by atoms with Crippen molar-refractivity contribution in [3.63, 3.8) is 0 Å². The van der Waals surface area contributed by atoms with Crippen LogP contribution in [0.3, 0.4) is 0 Å². The fraction of sp³-hybridized carbons (Fsp3) is 0.294. The molecule has 0 saturated heterocycles. The number of nitrogens with one attached hydrogen (secondary N) is 1. The van der Waals surface area contributed by atoms with Crippen molar-refractivity contribution in [3.05, 3.63) is 65.0 Å². The molecule has 4 heteroatoms. The third-order valence-electron chi connectivity index (χ3n) is 3.64. The molecule has 3 rings (SSSR count). The number of ether oxygens (including phenoxy) is 1. The van der Waals surface area contributed by atoms with Gasteiger partial charge in [0.15, 0.2) is 0 Å². The van der Waals surface area contributed by atoms with Crippen LogP contribution in [-0.2, 0) is 19.6 Å². The van der Waals surface area contributed by atoms with E-state index in [4.69, 9.17) is 9.84 Å².